The van der Waals surface area contributed by atoms with Gasteiger partial charge in [0.2, 0.25) is 5.95 Å². The van der Waals surface area contributed by atoms with Crippen LogP contribution in [0.15, 0.2) is 28.4 Å². The van der Waals surface area contributed by atoms with E-state index in [1.54, 1.807) is 24.3 Å². The van der Waals surface area contributed by atoms with Crippen LogP contribution in [0.25, 0.3) is 0 Å². The third kappa shape index (κ3) is 2.56. The molecule has 0 unspecified atom stereocenters. The number of aryl methyl sites for hydroxylation is 1. The summed E-state index contributed by atoms with van der Waals surface area (Å²) in [6.07, 6.45) is 0. The maximum Gasteiger partial charge on any atom is 0.249 e. The lowest BCUT2D eigenvalue weighted by atomic mass is 10.2. The number of H-pyrrole nitrogens is 1. The summed E-state index contributed by atoms with van der Waals surface area (Å²) in [7, 11) is 0. The number of phenols is 1. The number of phenolic OH excluding ortho intramolecular Hbond substituents is 1. The van der Waals surface area contributed by atoms with Crippen molar-refractivity contribution in [3.63, 3.8) is 0 Å². The smallest absolute Gasteiger partial charge is 0.249 e. The molecule has 0 saturated heterocycles. The molecular formula is C12H8N6O. The van der Waals surface area contributed by atoms with Crippen molar-refractivity contribution in [2.24, 2.45) is 10.2 Å². The minimum atomic E-state index is -0.0240. The molecule has 2 N–H and O–H groups in total. The Bertz CT molecular complexity index is 700. The van der Waals surface area contributed by atoms with Crippen molar-refractivity contribution < 1.29 is 5.11 Å². The molecule has 0 atom stereocenters. The number of aromatic hydroxyl groups is 1. The van der Waals surface area contributed by atoms with E-state index in [0.29, 0.717) is 5.69 Å². The summed E-state index contributed by atoms with van der Waals surface area (Å²) in [4.78, 5) is 6.37. The maximum atomic E-state index is 9.35. The average Bonchev–Trinajstić information content (AvgIpc) is 2.82. The van der Waals surface area contributed by atoms with Crippen molar-refractivity contribution in [3.8, 4) is 17.9 Å². The van der Waals surface area contributed by atoms with Gasteiger partial charge in [-0.15, -0.1) is 10.2 Å². The lowest BCUT2D eigenvalue weighted by Gasteiger charge is -1.98. The van der Waals surface area contributed by atoms with E-state index in [-0.39, 0.29) is 23.1 Å². The minimum absolute atomic E-state index is 0.0240. The van der Waals surface area contributed by atoms with Gasteiger partial charge in [0.05, 0.1) is 5.69 Å². The summed E-state index contributed by atoms with van der Waals surface area (Å²) in [5, 5.41) is 34.6. The van der Waals surface area contributed by atoms with E-state index in [1.165, 1.54) is 6.07 Å². The Balaban J connectivity index is 2.33. The molecule has 19 heavy (non-hydrogen) atoms. The van der Waals surface area contributed by atoms with E-state index in [9.17, 15) is 5.11 Å². The molecule has 0 amide bonds. The van der Waals surface area contributed by atoms with Gasteiger partial charge in [-0.3, -0.25) is 0 Å². The van der Waals surface area contributed by atoms with Crippen LogP contribution in [0, 0.1) is 29.6 Å². The summed E-state index contributed by atoms with van der Waals surface area (Å²) in [5.74, 6) is 0.144. The molecule has 0 radical (unpaired) electrons. The second-order valence-corrected chi connectivity index (χ2v) is 3.68. The molecule has 0 aliphatic rings. The zero-order valence-corrected chi connectivity index (χ0v) is 9.92. The molecule has 0 spiro atoms. The van der Waals surface area contributed by atoms with Crippen LogP contribution in [0.1, 0.15) is 17.0 Å². The van der Waals surface area contributed by atoms with Gasteiger partial charge < -0.3 is 10.1 Å². The van der Waals surface area contributed by atoms with Gasteiger partial charge in [-0.25, -0.2) is 0 Å². The molecule has 2 rings (SSSR count). The molecule has 7 nitrogen and oxygen atoms in total. The first kappa shape index (κ1) is 12.3. The Morgan fingerprint density at radius 3 is 2.68 bits per heavy atom. The van der Waals surface area contributed by atoms with Crippen LogP contribution < -0.4 is 0 Å². The molecule has 7 heteroatoms. The van der Waals surface area contributed by atoms with Crippen molar-refractivity contribution in [2.45, 2.75) is 6.92 Å². The molecule has 0 fully saturated rings. The van der Waals surface area contributed by atoms with E-state index in [4.69, 9.17) is 10.5 Å². The topological polar surface area (TPSA) is 121 Å². The zero-order valence-electron chi connectivity index (χ0n) is 9.92. The van der Waals surface area contributed by atoms with Crippen molar-refractivity contribution in [2.75, 3.05) is 0 Å². The third-order valence-electron chi connectivity index (χ3n) is 2.35. The van der Waals surface area contributed by atoms with Crippen LogP contribution in [-0.4, -0.2) is 15.1 Å². The first-order valence-corrected chi connectivity index (χ1v) is 5.25. The standard InChI is InChI=1S/C12H8N6O/c1-7-2-3-8(19)4-9(7)17-18-12-15-10(5-13)11(6-14)16-12/h2-4,19H,1H3,(H,15,16). The molecule has 0 aliphatic heterocycles. The number of hydrogen-bond donors (Lipinski definition) is 2. The highest BCUT2D eigenvalue weighted by molar-refractivity contribution is 5.49. The van der Waals surface area contributed by atoms with Crippen molar-refractivity contribution in [1.82, 2.24) is 9.97 Å². The van der Waals surface area contributed by atoms with E-state index in [2.05, 4.69) is 20.2 Å². The molecule has 1 aromatic carbocycles. The van der Waals surface area contributed by atoms with Gasteiger partial charge in [0.25, 0.3) is 0 Å². The van der Waals surface area contributed by atoms with Crippen LogP contribution >= 0.6 is 0 Å². The summed E-state index contributed by atoms with van der Waals surface area (Å²) >= 11 is 0. The fraction of sp³-hybridized carbons (Fsp3) is 0.0833. The monoisotopic (exact) mass is 252 g/mol. The Kier molecular flexibility index (Phi) is 3.22. The number of rotatable bonds is 2. The number of aromatic amines is 1. The van der Waals surface area contributed by atoms with Crippen molar-refractivity contribution in [1.29, 1.82) is 10.5 Å². The number of hydrogen-bond acceptors (Lipinski definition) is 6. The lowest BCUT2D eigenvalue weighted by Crippen LogP contribution is -1.77. The van der Waals surface area contributed by atoms with Crippen molar-refractivity contribution in [3.05, 3.63) is 35.2 Å². The van der Waals surface area contributed by atoms with E-state index >= 15 is 0 Å². The highest BCUT2D eigenvalue weighted by Crippen LogP contribution is 2.25. The maximum absolute atomic E-state index is 9.35. The Morgan fingerprint density at radius 1 is 1.26 bits per heavy atom. The molecule has 2 aromatic rings. The van der Waals surface area contributed by atoms with Gasteiger partial charge in [-0.1, -0.05) is 6.07 Å². The summed E-state index contributed by atoms with van der Waals surface area (Å²) < 4.78 is 0. The fourth-order valence-electron chi connectivity index (χ4n) is 1.38. The molecular weight excluding hydrogens is 244 g/mol. The largest absolute Gasteiger partial charge is 0.508 e. The van der Waals surface area contributed by atoms with Crippen LogP contribution in [0.5, 0.6) is 5.75 Å². The van der Waals surface area contributed by atoms with Gasteiger partial charge in [0.15, 0.2) is 11.4 Å². The number of nitrogens with one attached hydrogen (secondary N) is 1. The molecule has 0 aliphatic carbocycles. The number of aromatic nitrogens is 2. The highest BCUT2D eigenvalue weighted by atomic mass is 16.3. The number of nitriles is 2. The zero-order chi connectivity index (χ0) is 13.8. The Hall–Kier alpha value is -3.19. The van der Waals surface area contributed by atoms with Gasteiger partial charge >= 0.3 is 0 Å². The second-order valence-electron chi connectivity index (χ2n) is 3.68. The van der Waals surface area contributed by atoms with E-state index in [0.717, 1.165) is 5.56 Å². The number of azo groups is 1. The van der Waals surface area contributed by atoms with Crippen LogP contribution in [0.3, 0.4) is 0 Å². The van der Waals surface area contributed by atoms with Crippen LogP contribution in [0.4, 0.5) is 11.6 Å². The SMILES string of the molecule is Cc1ccc(O)cc1N=Nc1nc(C#N)c(C#N)[nH]1. The summed E-state index contributed by atoms with van der Waals surface area (Å²) in [5.41, 5.74) is 1.33. The van der Waals surface area contributed by atoms with E-state index < -0.39 is 0 Å². The molecule has 92 valence electrons. The number of imidazole rings is 1. The first-order chi connectivity index (χ1) is 9.13. The predicted molar refractivity (Wildman–Crippen MR) is 65.0 cm³/mol. The number of benzene rings is 1. The fourth-order valence-corrected chi connectivity index (χ4v) is 1.38. The van der Waals surface area contributed by atoms with Gasteiger partial charge in [-0.05, 0) is 18.6 Å². The van der Waals surface area contributed by atoms with E-state index in [1.807, 2.05) is 6.92 Å². The van der Waals surface area contributed by atoms with Gasteiger partial charge in [-0.2, -0.15) is 15.5 Å². The Labute approximate surface area is 108 Å². The second kappa shape index (κ2) is 4.98. The summed E-state index contributed by atoms with van der Waals surface area (Å²) in [6, 6.07) is 8.28. The predicted octanol–water partition coefficient (Wildman–Crippen LogP) is 2.58. The molecule has 1 heterocycles. The van der Waals surface area contributed by atoms with Crippen LogP contribution in [0.2, 0.25) is 0 Å². The Morgan fingerprint density at radius 2 is 2.05 bits per heavy atom. The molecule has 0 saturated carbocycles. The molecule has 1 aromatic heterocycles. The van der Waals surface area contributed by atoms with Crippen molar-refractivity contribution >= 4 is 11.6 Å². The first-order valence-electron chi connectivity index (χ1n) is 5.25. The lowest BCUT2D eigenvalue weighted by molar-refractivity contribution is 0.475. The average molecular weight is 252 g/mol. The van der Waals surface area contributed by atoms with Crippen LogP contribution in [-0.2, 0) is 0 Å². The number of nitrogens with zero attached hydrogens (tertiary/aromatic N) is 5. The minimum Gasteiger partial charge on any atom is -0.508 e. The van der Waals surface area contributed by atoms with Gasteiger partial charge in [0.1, 0.15) is 17.9 Å². The summed E-state index contributed by atoms with van der Waals surface area (Å²) in [6.45, 7) is 1.82. The van der Waals surface area contributed by atoms with Gasteiger partial charge in [0, 0.05) is 6.07 Å². The normalized spacial score (nSPS) is 10.3. The third-order valence-corrected chi connectivity index (χ3v) is 2.35. The molecule has 0 bridgehead atoms. The quantitative estimate of drug-likeness (QED) is 0.797. The highest BCUT2D eigenvalue weighted by Gasteiger charge is 2.08.